The molecule has 1 aliphatic rings. The lowest BCUT2D eigenvalue weighted by atomic mass is 10.3. The largest absolute Gasteiger partial charge is 0.477 e. The summed E-state index contributed by atoms with van der Waals surface area (Å²) in [6, 6.07) is 0. The van der Waals surface area contributed by atoms with E-state index < -0.39 is 0 Å². The van der Waals surface area contributed by atoms with Crippen LogP contribution in [-0.2, 0) is 6.54 Å². The maximum atomic E-state index is 5.41. The topological polar surface area (TPSA) is 83.1 Å². The van der Waals surface area contributed by atoms with Crippen LogP contribution in [0.4, 0.5) is 5.82 Å². The van der Waals surface area contributed by atoms with Gasteiger partial charge in [0.2, 0.25) is 5.88 Å². The van der Waals surface area contributed by atoms with Crippen molar-refractivity contribution in [2.75, 3.05) is 37.7 Å². The van der Waals surface area contributed by atoms with Gasteiger partial charge in [0.1, 0.15) is 5.82 Å². The van der Waals surface area contributed by atoms with Gasteiger partial charge >= 0.3 is 0 Å². The summed E-state index contributed by atoms with van der Waals surface area (Å²) in [5.74, 6) is 3.17. The Morgan fingerprint density at radius 3 is 2.68 bits per heavy atom. The first-order valence-electron chi connectivity index (χ1n) is 7.54. The SMILES string of the molecule is CCOc1cncc(N2CCN(Cc3n[nH]c(C)n3)CC2)n1. The van der Waals surface area contributed by atoms with E-state index in [4.69, 9.17) is 4.74 Å². The summed E-state index contributed by atoms with van der Waals surface area (Å²) in [7, 11) is 0. The third kappa shape index (κ3) is 3.51. The number of nitrogens with one attached hydrogen (secondary N) is 1. The summed E-state index contributed by atoms with van der Waals surface area (Å²) < 4.78 is 5.41. The van der Waals surface area contributed by atoms with Crippen LogP contribution in [0.15, 0.2) is 12.4 Å². The molecule has 1 saturated heterocycles. The van der Waals surface area contributed by atoms with E-state index in [-0.39, 0.29) is 0 Å². The van der Waals surface area contributed by atoms with Gasteiger partial charge in [-0.05, 0) is 13.8 Å². The number of aromatic nitrogens is 5. The van der Waals surface area contributed by atoms with Gasteiger partial charge < -0.3 is 9.64 Å². The Bertz CT molecular complexity index is 607. The Hall–Kier alpha value is -2.22. The predicted molar refractivity (Wildman–Crippen MR) is 81.8 cm³/mol. The van der Waals surface area contributed by atoms with Crippen LogP contribution in [-0.4, -0.2) is 62.8 Å². The second-order valence-corrected chi connectivity index (χ2v) is 5.25. The quantitative estimate of drug-likeness (QED) is 0.867. The summed E-state index contributed by atoms with van der Waals surface area (Å²) in [5, 5.41) is 7.07. The molecular weight excluding hydrogens is 282 g/mol. The summed E-state index contributed by atoms with van der Waals surface area (Å²) in [6.45, 7) is 8.96. The Morgan fingerprint density at radius 1 is 1.18 bits per heavy atom. The minimum Gasteiger partial charge on any atom is -0.477 e. The van der Waals surface area contributed by atoms with E-state index >= 15 is 0 Å². The van der Waals surface area contributed by atoms with Crippen LogP contribution in [0.3, 0.4) is 0 Å². The molecule has 22 heavy (non-hydrogen) atoms. The molecule has 8 nitrogen and oxygen atoms in total. The summed E-state index contributed by atoms with van der Waals surface area (Å²) >= 11 is 0. The summed E-state index contributed by atoms with van der Waals surface area (Å²) in [6.07, 6.45) is 3.44. The highest BCUT2D eigenvalue weighted by molar-refractivity contribution is 5.38. The molecule has 118 valence electrons. The number of nitrogens with zero attached hydrogens (tertiary/aromatic N) is 6. The Balaban J connectivity index is 1.56. The van der Waals surface area contributed by atoms with Gasteiger partial charge in [-0.3, -0.25) is 15.0 Å². The molecule has 0 unspecified atom stereocenters. The number of hydrogen-bond donors (Lipinski definition) is 1. The molecular formula is C14H21N7O. The van der Waals surface area contributed by atoms with Gasteiger partial charge in [-0.15, -0.1) is 0 Å². The Kier molecular flexibility index (Phi) is 4.47. The minimum absolute atomic E-state index is 0.582. The van der Waals surface area contributed by atoms with Gasteiger partial charge in [0.15, 0.2) is 11.6 Å². The molecule has 2 aromatic rings. The average molecular weight is 303 g/mol. The van der Waals surface area contributed by atoms with Crippen molar-refractivity contribution in [2.45, 2.75) is 20.4 Å². The van der Waals surface area contributed by atoms with Crippen molar-refractivity contribution < 1.29 is 4.74 Å². The molecule has 3 rings (SSSR count). The Morgan fingerprint density at radius 2 is 2.00 bits per heavy atom. The molecule has 0 aromatic carbocycles. The molecule has 0 atom stereocenters. The second kappa shape index (κ2) is 6.69. The van der Waals surface area contributed by atoms with Crippen molar-refractivity contribution in [1.29, 1.82) is 0 Å². The standard InChI is InChI=1S/C14H21N7O/c1-3-22-14-9-15-8-13(17-14)21-6-4-20(5-7-21)10-12-16-11(2)18-19-12/h8-9H,3-7,10H2,1-2H3,(H,16,18,19). The number of ether oxygens (including phenoxy) is 1. The number of H-pyrrole nitrogens is 1. The molecule has 3 heterocycles. The Labute approximate surface area is 129 Å². The molecule has 0 radical (unpaired) electrons. The molecule has 1 aliphatic heterocycles. The average Bonchev–Trinajstić information content (AvgIpc) is 2.94. The molecule has 0 amide bonds. The maximum absolute atomic E-state index is 5.41. The molecule has 2 aromatic heterocycles. The van der Waals surface area contributed by atoms with Crippen LogP contribution in [0.25, 0.3) is 0 Å². The first kappa shape index (κ1) is 14.7. The van der Waals surface area contributed by atoms with Gasteiger partial charge in [-0.1, -0.05) is 0 Å². The van der Waals surface area contributed by atoms with Crippen LogP contribution in [0.1, 0.15) is 18.6 Å². The zero-order chi connectivity index (χ0) is 15.4. The third-order valence-corrected chi connectivity index (χ3v) is 3.60. The summed E-state index contributed by atoms with van der Waals surface area (Å²) in [5.41, 5.74) is 0. The number of aryl methyl sites for hydroxylation is 1. The van der Waals surface area contributed by atoms with Crippen LogP contribution in [0.5, 0.6) is 5.88 Å². The first-order chi connectivity index (χ1) is 10.7. The van der Waals surface area contributed by atoms with Crippen molar-refractivity contribution in [2.24, 2.45) is 0 Å². The van der Waals surface area contributed by atoms with E-state index in [2.05, 4.69) is 34.9 Å². The van der Waals surface area contributed by atoms with Crippen LogP contribution >= 0.6 is 0 Å². The second-order valence-electron chi connectivity index (χ2n) is 5.25. The number of piperazine rings is 1. The molecule has 0 bridgehead atoms. The van der Waals surface area contributed by atoms with Crippen LogP contribution in [0.2, 0.25) is 0 Å². The zero-order valence-electron chi connectivity index (χ0n) is 13.0. The van der Waals surface area contributed by atoms with Crippen molar-refractivity contribution in [3.63, 3.8) is 0 Å². The lowest BCUT2D eigenvalue weighted by molar-refractivity contribution is 0.243. The van der Waals surface area contributed by atoms with Crippen molar-refractivity contribution in [1.82, 2.24) is 30.0 Å². The van der Waals surface area contributed by atoms with E-state index in [0.717, 1.165) is 50.2 Å². The van der Waals surface area contributed by atoms with E-state index in [1.54, 1.807) is 12.4 Å². The lowest BCUT2D eigenvalue weighted by Crippen LogP contribution is -2.46. The highest BCUT2D eigenvalue weighted by atomic mass is 16.5. The molecule has 0 aliphatic carbocycles. The molecule has 0 spiro atoms. The van der Waals surface area contributed by atoms with E-state index in [1.807, 2.05) is 13.8 Å². The van der Waals surface area contributed by atoms with Gasteiger partial charge in [-0.2, -0.15) is 10.1 Å². The summed E-state index contributed by atoms with van der Waals surface area (Å²) in [4.78, 5) is 17.6. The highest BCUT2D eigenvalue weighted by Crippen LogP contribution is 2.16. The number of aromatic amines is 1. The van der Waals surface area contributed by atoms with E-state index in [1.165, 1.54) is 0 Å². The molecule has 0 saturated carbocycles. The molecule has 8 heteroatoms. The van der Waals surface area contributed by atoms with Gasteiger partial charge in [-0.25, -0.2) is 4.98 Å². The fourth-order valence-corrected chi connectivity index (χ4v) is 2.50. The third-order valence-electron chi connectivity index (χ3n) is 3.60. The van der Waals surface area contributed by atoms with Crippen molar-refractivity contribution in [3.8, 4) is 5.88 Å². The molecule has 1 N–H and O–H groups in total. The smallest absolute Gasteiger partial charge is 0.234 e. The number of hydrogen-bond acceptors (Lipinski definition) is 7. The normalized spacial score (nSPS) is 16.0. The fourth-order valence-electron chi connectivity index (χ4n) is 2.50. The number of anilines is 1. The van der Waals surface area contributed by atoms with Gasteiger partial charge in [0.25, 0.3) is 0 Å². The zero-order valence-corrected chi connectivity index (χ0v) is 13.0. The van der Waals surface area contributed by atoms with Crippen LogP contribution < -0.4 is 9.64 Å². The molecule has 1 fully saturated rings. The van der Waals surface area contributed by atoms with Gasteiger partial charge in [0, 0.05) is 26.2 Å². The van der Waals surface area contributed by atoms with Crippen LogP contribution in [0, 0.1) is 6.92 Å². The van der Waals surface area contributed by atoms with Crippen molar-refractivity contribution in [3.05, 3.63) is 24.0 Å². The monoisotopic (exact) mass is 303 g/mol. The lowest BCUT2D eigenvalue weighted by Gasteiger charge is -2.34. The highest BCUT2D eigenvalue weighted by Gasteiger charge is 2.19. The number of rotatable bonds is 5. The fraction of sp³-hybridized carbons (Fsp3) is 0.571. The van der Waals surface area contributed by atoms with E-state index in [0.29, 0.717) is 12.5 Å². The van der Waals surface area contributed by atoms with E-state index in [9.17, 15) is 0 Å². The van der Waals surface area contributed by atoms with Gasteiger partial charge in [0.05, 0.1) is 25.5 Å². The van der Waals surface area contributed by atoms with Crippen molar-refractivity contribution >= 4 is 5.82 Å². The maximum Gasteiger partial charge on any atom is 0.234 e. The first-order valence-corrected chi connectivity index (χ1v) is 7.54. The predicted octanol–water partition coefficient (Wildman–Crippen LogP) is 0.624. The minimum atomic E-state index is 0.582.